The third kappa shape index (κ3) is 6.84. The van der Waals surface area contributed by atoms with Crippen LogP contribution in [0.2, 0.25) is 0 Å². The van der Waals surface area contributed by atoms with Gasteiger partial charge in [-0.1, -0.05) is 20.8 Å². The molecule has 27 heavy (non-hydrogen) atoms. The van der Waals surface area contributed by atoms with E-state index in [0.717, 1.165) is 19.6 Å². The minimum Gasteiger partial charge on any atom is -0.311 e. The zero-order valence-electron chi connectivity index (χ0n) is 16.6. The number of nitrogens with one attached hydrogen (secondary N) is 3. The van der Waals surface area contributed by atoms with Gasteiger partial charge in [-0.2, -0.15) is 0 Å². The van der Waals surface area contributed by atoms with Gasteiger partial charge in [0.2, 0.25) is 0 Å². The van der Waals surface area contributed by atoms with Crippen LogP contribution in [0.4, 0.5) is 17.6 Å². The number of halogens is 4. The Balaban J connectivity index is 0.00000126. The van der Waals surface area contributed by atoms with E-state index in [1.54, 1.807) is 0 Å². The highest BCUT2D eigenvalue weighted by atomic mass is 19.4. The van der Waals surface area contributed by atoms with Crippen molar-refractivity contribution in [3.63, 3.8) is 0 Å². The lowest BCUT2D eigenvalue weighted by Gasteiger charge is -2.43. The first kappa shape index (κ1) is 22.8. The topological polar surface area (TPSA) is 45.3 Å². The summed E-state index contributed by atoms with van der Waals surface area (Å²) >= 11 is 0. The van der Waals surface area contributed by atoms with Crippen LogP contribution in [0.25, 0.3) is 0 Å². The molecule has 3 rings (SSSR count). The normalized spacial score (nSPS) is 40.8. The molecule has 160 valence electrons. The molecule has 0 radical (unpaired) electrons. The number of alkyl halides is 4. The molecular formula is C19H35F4N3O. The molecule has 0 aromatic rings. The van der Waals surface area contributed by atoms with E-state index >= 15 is 0 Å². The smallest absolute Gasteiger partial charge is 0.311 e. The molecule has 0 spiro atoms. The molecule has 4 nitrogen and oxygen atoms in total. The van der Waals surface area contributed by atoms with E-state index in [2.05, 4.69) is 27.6 Å². The van der Waals surface area contributed by atoms with Gasteiger partial charge in [0.05, 0.1) is 12.3 Å². The van der Waals surface area contributed by atoms with Crippen LogP contribution in [0, 0.1) is 17.8 Å². The monoisotopic (exact) mass is 397 g/mol. The van der Waals surface area contributed by atoms with Crippen LogP contribution in [0.3, 0.4) is 0 Å². The molecule has 1 saturated carbocycles. The summed E-state index contributed by atoms with van der Waals surface area (Å²) in [5.41, 5.74) is 0. The average molecular weight is 398 g/mol. The molecule has 0 aromatic carbocycles. The summed E-state index contributed by atoms with van der Waals surface area (Å²) in [5, 5.41) is 10.2. The second kappa shape index (κ2) is 10.4. The SMILES string of the molecule is CC.CC1CNC(C2CNC(C3CCC(OC(F)(F)F)CC3)C(F)C2)NC1. The number of piperidine rings is 1. The van der Waals surface area contributed by atoms with Gasteiger partial charge in [-0.3, -0.25) is 4.74 Å². The van der Waals surface area contributed by atoms with Crippen LogP contribution >= 0.6 is 0 Å². The first-order chi connectivity index (χ1) is 12.8. The van der Waals surface area contributed by atoms with Gasteiger partial charge in [-0.15, -0.1) is 13.2 Å². The van der Waals surface area contributed by atoms with E-state index in [1.165, 1.54) is 0 Å². The summed E-state index contributed by atoms with van der Waals surface area (Å²) < 4.78 is 55.7. The predicted molar refractivity (Wildman–Crippen MR) is 98.0 cm³/mol. The van der Waals surface area contributed by atoms with E-state index in [9.17, 15) is 17.6 Å². The molecule has 2 saturated heterocycles. The van der Waals surface area contributed by atoms with E-state index in [-0.39, 0.29) is 24.0 Å². The molecule has 3 fully saturated rings. The fourth-order valence-corrected chi connectivity index (χ4v) is 4.54. The van der Waals surface area contributed by atoms with Crippen LogP contribution in [0.15, 0.2) is 0 Å². The molecule has 8 heteroatoms. The Labute approximate surface area is 160 Å². The van der Waals surface area contributed by atoms with Crippen molar-refractivity contribution in [2.45, 2.75) is 83.7 Å². The zero-order valence-corrected chi connectivity index (χ0v) is 16.6. The highest BCUT2D eigenvalue weighted by Gasteiger charge is 2.41. The Hall–Kier alpha value is -0.440. The Kier molecular flexibility index (Phi) is 8.77. The van der Waals surface area contributed by atoms with Crippen LogP contribution in [0.1, 0.15) is 52.9 Å². The fourth-order valence-electron chi connectivity index (χ4n) is 4.54. The summed E-state index contributed by atoms with van der Waals surface area (Å²) in [6.45, 7) is 8.79. The lowest BCUT2D eigenvalue weighted by Crippen LogP contribution is -2.62. The lowest BCUT2D eigenvalue weighted by molar-refractivity contribution is -0.345. The number of hydrogen-bond donors (Lipinski definition) is 3. The van der Waals surface area contributed by atoms with Crippen molar-refractivity contribution in [2.24, 2.45) is 17.8 Å². The quantitative estimate of drug-likeness (QED) is 0.637. The molecule has 0 amide bonds. The summed E-state index contributed by atoms with van der Waals surface area (Å²) in [6.07, 6.45) is -3.80. The molecule has 0 bridgehead atoms. The van der Waals surface area contributed by atoms with Crippen molar-refractivity contribution in [3.05, 3.63) is 0 Å². The maximum atomic E-state index is 14.8. The molecule has 3 unspecified atom stereocenters. The zero-order chi connectivity index (χ0) is 20.0. The van der Waals surface area contributed by atoms with Gasteiger partial charge >= 0.3 is 6.36 Å². The van der Waals surface area contributed by atoms with Gasteiger partial charge < -0.3 is 16.0 Å². The number of rotatable bonds is 3. The van der Waals surface area contributed by atoms with Crippen molar-refractivity contribution >= 4 is 0 Å². The van der Waals surface area contributed by atoms with E-state index < -0.39 is 18.6 Å². The van der Waals surface area contributed by atoms with Gasteiger partial charge in [0.25, 0.3) is 0 Å². The first-order valence-corrected chi connectivity index (χ1v) is 10.4. The van der Waals surface area contributed by atoms with Crippen LogP contribution in [-0.2, 0) is 4.74 Å². The molecule has 0 aromatic heterocycles. The Bertz CT molecular complexity index is 422. The summed E-state index contributed by atoms with van der Waals surface area (Å²) in [6, 6.07) is -0.245. The van der Waals surface area contributed by atoms with Crippen LogP contribution < -0.4 is 16.0 Å². The summed E-state index contributed by atoms with van der Waals surface area (Å²) in [4.78, 5) is 0. The maximum Gasteiger partial charge on any atom is 0.522 e. The van der Waals surface area contributed by atoms with E-state index in [1.807, 2.05) is 13.8 Å². The van der Waals surface area contributed by atoms with Crippen molar-refractivity contribution in [2.75, 3.05) is 19.6 Å². The molecule has 3 aliphatic rings. The van der Waals surface area contributed by atoms with Gasteiger partial charge in [0, 0.05) is 31.6 Å². The molecule has 2 aliphatic heterocycles. The van der Waals surface area contributed by atoms with Crippen molar-refractivity contribution in [3.8, 4) is 0 Å². The molecule has 3 N–H and O–H groups in total. The molecular weight excluding hydrogens is 362 g/mol. The minimum atomic E-state index is -4.58. The average Bonchev–Trinajstić information content (AvgIpc) is 2.63. The van der Waals surface area contributed by atoms with Crippen molar-refractivity contribution in [1.29, 1.82) is 0 Å². The molecule has 3 atom stereocenters. The van der Waals surface area contributed by atoms with E-state index in [4.69, 9.17) is 0 Å². The Morgan fingerprint density at radius 2 is 1.44 bits per heavy atom. The van der Waals surface area contributed by atoms with Gasteiger partial charge in [0.15, 0.2) is 0 Å². The highest BCUT2D eigenvalue weighted by molar-refractivity contribution is 4.95. The first-order valence-electron chi connectivity index (χ1n) is 10.4. The van der Waals surface area contributed by atoms with Crippen molar-refractivity contribution < 1.29 is 22.3 Å². The molecule has 2 heterocycles. The van der Waals surface area contributed by atoms with Gasteiger partial charge in [0.1, 0.15) is 6.17 Å². The van der Waals surface area contributed by atoms with Crippen molar-refractivity contribution in [1.82, 2.24) is 16.0 Å². The maximum absolute atomic E-state index is 14.8. The second-order valence-electron chi connectivity index (χ2n) is 7.95. The van der Waals surface area contributed by atoms with Crippen LogP contribution in [-0.4, -0.2) is 50.5 Å². The third-order valence-corrected chi connectivity index (χ3v) is 5.90. The second-order valence-corrected chi connectivity index (χ2v) is 7.95. The Morgan fingerprint density at radius 3 is 1.96 bits per heavy atom. The summed E-state index contributed by atoms with van der Waals surface area (Å²) in [5.74, 6) is 0.871. The lowest BCUT2D eigenvalue weighted by atomic mass is 9.77. The number of hydrogen-bond acceptors (Lipinski definition) is 4. The van der Waals surface area contributed by atoms with E-state index in [0.29, 0.717) is 38.0 Å². The van der Waals surface area contributed by atoms with Crippen LogP contribution in [0.5, 0.6) is 0 Å². The van der Waals surface area contributed by atoms with Gasteiger partial charge in [-0.05, 0) is 43.9 Å². The molecule has 1 aliphatic carbocycles. The standard InChI is InChI=1S/C17H29F4N3O.C2H6/c1-10-7-23-16(24-8-10)12-6-14(18)15(22-9-12)11-2-4-13(5-3-11)25-17(19,20)21;1-2/h10-16,22-24H,2-9H2,1H3;1-2H3. The Morgan fingerprint density at radius 1 is 0.852 bits per heavy atom. The summed E-state index contributed by atoms with van der Waals surface area (Å²) in [7, 11) is 0. The van der Waals surface area contributed by atoms with Gasteiger partial charge in [-0.25, -0.2) is 4.39 Å². The largest absolute Gasteiger partial charge is 0.522 e. The minimum absolute atomic E-state index is 0.0938. The fraction of sp³-hybridized carbons (Fsp3) is 1.00. The predicted octanol–water partition coefficient (Wildman–Crippen LogP) is 3.58. The highest BCUT2D eigenvalue weighted by Crippen LogP contribution is 2.36. The third-order valence-electron chi connectivity index (χ3n) is 5.90. The number of ether oxygens (including phenoxy) is 1.